The minimum absolute atomic E-state index is 0. The van der Waals surface area contributed by atoms with E-state index in [1.165, 1.54) is 25.7 Å². The van der Waals surface area contributed by atoms with Gasteiger partial charge >= 0.3 is 51.4 Å². The molecule has 0 unspecified atom stereocenters. The van der Waals surface area contributed by atoms with E-state index in [1.807, 2.05) is 0 Å². The average Bonchev–Trinajstić information content (AvgIpc) is 1.69. The first kappa shape index (κ1) is 16.9. The van der Waals surface area contributed by atoms with E-state index in [0.29, 0.717) is 0 Å². The Balaban J connectivity index is -0.000000180. The summed E-state index contributed by atoms with van der Waals surface area (Å²) in [5.41, 5.74) is 0. The van der Waals surface area contributed by atoms with Gasteiger partial charge in [0.05, 0.1) is 0 Å². The molecule has 0 amide bonds. The van der Waals surface area contributed by atoms with Crippen molar-refractivity contribution in [3.63, 3.8) is 0 Å². The van der Waals surface area contributed by atoms with Crippen LogP contribution in [0.4, 0.5) is 4.70 Å². The molecule has 0 saturated heterocycles. The first-order chi connectivity index (χ1) is 3.41. The minimum Gasteiger partial charge on any atom is -0.343 e. The summed E-state index contributed by atoms with van der Waals surface area (Å²) in [5, 5.41) is 0. The zero-order valence-electron chi connectivity index (χ0n) is 6.65. The van der Waals surface area contributed by atoms with E-state index in [9.17, 15) is 0 Å². The van der Waals surface area contributed by atoms with Crippen LogP contribution in [0.5, 0.6) is 0 Å². The molecule has 0 aromatic heterocycles. The summed E-state index contributed by atoms with van der Waals surface area (Å²) in [5.74, 6) is 0. The molecule has 0 N–H and O–H groups in total. The van der Waals surface area contributed by atoms with Gasteiger partial charge in [-0.2, -0.15) is 6.42 Å². The Bertz CT molecular complexity index is 28.1. The second kappa shape index (κ2) is 16.3. The van der Waals surface area contributed by atoms with Crippen molar-refractivity contribution < 1.29 is 56.1 Å². The molecule has 0 bridgehead atoms. The number of halogens is 1. The molecule has 0 rings (SSSR count). The van der Waals surface area contributed by atoms with Crippen molar-refractivity contribution in [1.82, 2.24) is 0 Å². The van der Waals surface area contributed by atoms with E-state index in [1.54, 1.807) is 0 Å². The first-order valence-corrected chi connectivity index (χ1v) is 3.21. The van der Waals surface area contributed by atoms with Gasteiger partial charge in [0.1, 0.15) is 0 Å². The van der Waals surface area contributed by atoms with Crippen molar-refractivity contribution in [3.8, 4) is 0 Å². The van der Waals surface area contributed by atoms with E-state index < -0.39 is 0 Å². The SMILES string of the molecule is F.[CH2-]CCCCCC.[K+]. The third-order valence-corrected chi connectivity index (χ3v) is 1.10. The van der Waals surface area contributed by atoms with Gasteiger partial charge in [-0.05, 0) is 0 Å². The third kappa shape index (κ3) is 17.7. The second-order valence-corrected chi connectivity index (χ2v) is 1.91. The van der Waals surface area contributed by atoms with Crippen molar-refractivity contribution in [2.75, 3.05) is 0 Å². The van der Waals surface area contributed by atoms with Gasteiger partial charge in [0.15, 0.2) is 0 Å². The summed E-state index contributed by atoms with van der Waals surface area (Å²) in [6.07, 6.45) is 6.52. The van der Waals surface area contributed by atoms with Crippen LogP contribution in [0.25, 0.3) is 0 Å². The zero-order valence-corrected chi connectivity index (χ0v) is 9.77. The summed E-state index contributed by atoms with van der Waals surface area (Å²) in [4.78, 5) is 0. The fourth-order valence-corrected chi connectivity index (χ4v) is 0.604. The van der Waals surface area contributed by atoms with Gasteiger partial charge in [-0.25, -0.2) is 0 Å². The summed E-state index contributed by atoms with van der Waals surface area (Å²) in [7, 11) is 0. The average molecular weight is 158 g/mol. The van der Waals surface area contributed by atoms with Crippen molar-refractivity contribution in [2.24, 2.45) is 0 Å². The Morgan fingerprint density at radius 1 is 1.11 bits per heavy atom. The van der Waals surface area contributed by atoms with Gasteiger partial charge in [0, 0.05) is 0 Å². The molecular weight excluding hydrogens is 142 g/mol. The molecule has 0 aliphatic carbocycles. The van der Waals surface area contributed by atoms with E-state index in [-0.39, 0.29) is 56.1 Å². The standard InChI is InChI=1S/C7H15.FH.K/c1-3-5-7-6-4-2;;/h1,3-7H2,2H3;1H;/q-1;;+1. The Kier molecular flexibility index (Phi) is 30.6. The molecule has 0 aromatic rings. The van der Waals surface area contributed by atoms with Crippen LogP contribution in [-0.2, 0) is 0 Å². The molecule has 2 heteroatoms. The van der Waals surface area contributed by atoms with Crippen molar-refractivity contribution in [2.45, 2.75) is 39.0 Å². The summed E-state index contributed by atoms with van der Waals surface area (Å²) in [6.45, 7) is 5.98. The van der Waals surface area contributed by atoms with E-state index >= 15 is 0 Å². The summed E-state index contributed by atoms with van der Waals surface area (Å²) in [6, 6.07) is 0. The van der Waals surface area contributed by atoms with Crippen LogP contribution in [0.1, 0.15) is 39.0 Å². The van der Waals surface area contributed by atoms with Crippen molar-refractivity contribution in [3.05, 3.63) is 6.92 Å². The number of unbranched alkanes of at least 4 members (excludes halogenated alkanes) is 4. The Morgan fingerprint density at radius 3 is 2.00 bits per heavy atom. The molecule has 9 heavy (non-hydrogen) atoms. The summed E-state index contributed by atoms with van der Waals surface area (Å²) >= 11 is 0. The van der Waals surface area contributed by atoms with E-state index in [0.717, 1.165) is 6.42 Å². The zero-order chi connectivity index (χ0) is 5.54. The molecule has 0 nitrogen and oxygen atoms in total. The molecule has 0 heterocycles. The van der Waals surface area contributed by atoms with Crippen LogP contribution in [0.15, 0.2) is 0 Å². The first-order valence-electron chi connectivity index (χ1n) is 3.21. The molecule has 0 spiro atoms. The van der Waals surface area contributed by atoms with E-state index in [4.69, 9.17) is 0 Å². The fourth-order valence-electron chi connectivity index (χ4n) is 0.604. The molecule has 0 radical (unpaired) electrons. The Hall–Kier alpha value is 1.57. The van der Waals surface area contributed by atoms with Crippen LogP contribution < -0.4 is 51.4 Å². The van der Waals surface area contributed by atoms with Crippen LogP contribution in [0, 0.1) is 6.92 Å². The Labute approximate surface area is 101 Å². The van der Waals surface area contributed by atoms with Crippen LogP contribution in [-0.4, -0.2) is 0 Å². The van der Waals surface area contributed by atoms with Gasteiger partial charge in [-0.15, -0.1) is 0 Å². The Morgan fingerprint density at radius 2 is 1.67 bits per heavy atom. The maximum atomic E-state index is 3.76. The topological polar surface area (TPSA) is 0 Å². The predicted molar refractivity (Wildman–Crippen MR) is 36.6 cm³/mol. The smallest absolute Gasteiger partial charge is 0.343 e. The molecule has 0 fully saturated rings. The number of rotatable bonds is 4. The van der Waals surface area contributed by atoms with Crippen molar-refractivity contribution >= 4 is 0 Å². The largest absolute Gasteiger partial charge is 1.00 e. The van der Waals surface area contributed by atoms with Gasteiger partial charge in [-0.1, -0.05) is 32.6 Å². The molecule has 0 saturated carbocycles. The van der Waals surface area contributed by atoms with Crippen LogP contribution in [0.2, 0.25) is 0 Å². The van der Waals surface area contributed by atoms with Gasteiger partial charge in [0.2, 0.25) is 0 Å². The van der Waals surface area contributed by atoms with Gasteiger partial charge in [-0.3, -0.25) is 4.70 Å². The normalized spacial score (nSPS) is 7.33. The fraction of sp³-hybridized carbons (Fsp3) is 0.857. The van der Waals surface area contributed by atoms with Crippen LogP contribution in [0.3, 0.4) is 0 Å². The van der Waals surface area contributed by atoms with Crippen molar-refractivity contribution in [1.29, 1.82) is 0 Å². The molecule has 0 aliphatic heterocycles. The second-order valence-electron chi connectivity index (χ2n) is 1.91. The molecule has 0 aliphatic rings. The number of hydrogen-bond donors (Lipinski definition) is 0. The van der Waals surface area contributed by atoms with Gasteiger partial charge < -0.3 is 6.92 Å². The maximum absolute atomic E-state index is 3.76. The van der Waals surface area contributed by atoms with Gasteiger partial charge in [0.25, 0.3) is 0 Å². The molecular formula is C7H16FK. The molecule has 0 atom stereocenters. The predicted octanol–water partition coefficient (Wildman–Crippen LogP) is -0.0526. The quantitative estimate of drug-likeness (QED) is 0.306. The maximum Gasteiger partial charge on any atom is 1.00 e. The monoisotopic (exact) mass is 158 g/mol. The number of hydrogen-bond acceptors (Lipinski definition) is 0. The summed E-state index contributed by atoms with van der Waals surface area (Å²) < 4.78 is 0. The molecule has 52 valence electrons. The van der Waals surface area contributed by atoms with Crippen LogP contribution >= 0.6 is 0 Å². The molecule has 0 aromatic carbocycles. The third-order valence-electron chi connectivity index (χ3n) is 1.10. The minimum atomic E-state index is 0. The van der Waals surface area contributed by atoms with E-state index in [2.05, 4.69) is 13.8 Å².